The van der Waals surface area contributed by atoms with Gasteiger partial charge >= 0.3 is 0 Å². The molecule has 15 heteroatoms. The number of rotatable bonds is 7. The minimum Gasteiger partial charge on any atom is -0.493 e. The summed E-state index contributed by atoms with van der Waals surface area (Å²) in [5.41, 5.74) is 0.391. The number of halogens is 1. The molecule has 5 N–H and O–H groups in total. The standard InChI is InChI=1S/C30H39N9O5.ClH/c1-43-23-7-6-21-13-24(23)44-18-27(41)34-12-9-31-8-2-3-26(40)36-19-30(15-21,14-20-4-5-20)29(42)35-17-25-37-28(39-38-25)22-16-32-10-11-33-22;/h6-7,10-11,13,16,20,31H,2-5,8-9,12,14-15,17-19H2,1H3,(H,34,41)(H,35,42)(H,36,40)(H,37,38,39);1H. The average molecular weight is 642 g/mol. The molecule has 0 spiro atoms. The number of nitrogens with zero attached hydrogens (tertiary/aromatic N) is 4. The largest absolute Gasteiger partial charge is 0.493 e. The Labute approximate surface area is 267 Å². The maximum atomic E-state index is 14.2. The zero-order valence-corrected chi connectivity index (χ0v) is 26.1. The third kappa shape index (κ3) is 9.59. The van der Waals surface area contributed by atoms with Crippen LogP contribution in [0.5, 0.6) is 11.5 Å². The molecule has 1 unspecified atom stereocenters. The van der Waals surface area contributed by atoms with E-state index in [2.05, 4.69) is 46.4 Å². The van der Waals surface area contributed by atoms with Crippen molar-refractivity contribution in [1.29, 1.82) is 0 Å². The van der Waals surface area contributed by atoms with Gasteiger partial charge in [0.2, 0.25) is 17.6 Å². The van der Waals surface area contributed by atoms with E-state index in [4.69, 9.17) is 9.47 Å². The second-order valence-electron chi connectivity index (χ2n) is 11.2. The van der Waals surface area contributed by atoms with E-state index in [1.807, 2.05) is 6.07 Å². The number of hydrogen-bond donors (Lipinski definition) is 5. The quantitative estimate of drug-likeness (QED) is 0.252. The summed E-state index contributed by atoms with van der Waals surface area (Å²) in [6.07, 6.45) is 8.65. The third-order valence-electron chi connectivity index (χ3n) is 7.73. The van der Waals surface area contributed by atoms with Gasteiger partial charge in [-0.15, -0.1) is 12.4 Å². The molecule has 0 saturated heterocycles. The first-order valence-electron chi connectivity index (χ1n) is 14.9. The Morgan fingerprint density at radius 2 is 2.00 bits per heavy atom. The molecule has 1 atom stereocenters. The van der Waals surface area contributed by atoms with Gasteiger partial charge in [-0.05, 0) is 49.4 Å². The number of benzene rings is 1. The van der Waals surface area contributed by atoms with Gasteiger partial charge in [-0.25, -0.2) is 9.97 Å². The Bertz CT molecular complexity index is 1440. The van der Waals surface area contributed by atoms with Gasteiger partial charge in [-0.1, -0.05) is 18.9 Å². The predicted molar refractivity (Wildman–Crippen MR) is 167 cm³/mol. The molecule has 1 saturated carbocycles. The SMILES string of the molecule is COc1ccc2cc1OCC(=O)NCCNCCCC(=O)NCC(CC1CC1)(C(=O)NCc1nc(-c3cnccn3)n[nH]1)C2.Cl. The molecule has 1 fully saturated rings. The van der Waals surface area contributed by atoms with Crippen LogP contribution in [0.3, 0.4) is 0 Å². The van der Waals surface area contributed by atoms with Crippen LogP contribution in [-0.4, -0.2) is 82.8 Å². The van der Waals surface area contributed by atoms with Crippen molar-refractivity contribution in [3.63, 3.8) is 0 Å². The van der Waals surface area contributed by atoms with E-state index < -0.39 is 5.41 Å². The van der Waals surface area contributed by atoms with Crippen LogP contribution in [0, 0.1) is 11.3 Å². The predicted octanol–water partition coefficient (Wildman–Crippen LogP) is 1.33. The zero-order valence-electron chi connectivity index (χ0n) is 25.3. The smallest absolute Gasteiger partial charge is 0.257 e. The van der Waals surface area contributed by atoms with Crippen molar-refractivity contribution < 1.29 is 23.9 Å². The van der Waals surface area contributed by atoms with Crippen molar-refractivity contribution in [3.8, 4) is 23.0 Å². The summed E-state index contributed by atoms with van der Waals surface area (Å²) in [6, 6.07) is 5.46. The number of fused-ring (bicyclic) bond motifs is 2. The van der Waals surface area contributed by atoms with Gasteiger partial charge in [0.1, 0.15) is 11.5 Å². The van der Waals surface area contributed by atoms with Gasteiger partial charge in [0.15, 0.2) is 18.1 Å². The number of nitrogens with one attached hydrogen (secondary N) is 5. The fourth-order valence-corrected chi connectivity index (χ4v) is 5.26. The third-order valence-corrected chi connectivity index (χ3v) is 7.73. The highest BCUT2D eigenvalue weighted by atomic mass is 35.5. The number of aromatic amines is 1. The molecule has 1 aliphatic heterocycles. The van der Waals surface area contributed by atoms with Crippen LogP contribution in [0.15, 0.2) is 36.8 Å². The minimum absolute atomic E-state index is 0. The summed E-state index contributed by atoms with van der Waals surface area (Å²) in [5, 5.41) is 19.2. The molecule has 2 aliphatic rings. The molecule has 2 bridgehead atoms. The van der Waals surface area contributed by atoms with E-state index in [1.54, 1.807) is 30.7 Å². The van der Waals surface area contributed by atoms with Gasteiger partial charge < -0.3 is 30.7 Å². The van der Waals surface area contributed by atoms with Crippen LogP contribution in [-0.2, 0) is 27.3 Å². The van der Waals surface area contributed by atoms with Crippen molar-refractivity contribution in [3.05, 3.63) is 48.2 Å². The zero-order chi connectivity index (χ0) is 30.8. The molecule has 1 aliphatic carbocycles. The molecule has 2 aromatic heterocycles. The first kappa shape index (κ1) is 33.6. The van der Waals surface area contributed by atoms with E-state index in [0.29, 0.717) is 80.1 Å². The molecule has 3 heterocycles. The summed E-state index contributed by atoms with van der Waals surface area (Å²) in [4.78, 5) is 52.2. The minimum atomic E-state index is -0.947. The second-order valence-corrected chi connectivity index (χ2v) is 11.2. The van der Waals surface area contributed by atoms with Crippen molar-refractivity contribution in [1.82, 2.24) is 46.4 Å². The van der Waals surface area contributed by atoms with Gasteiger partial charge in [-0.2, -0.15) is 5.10 Å². The fourth-order valence-electron chi connectivity index (χ4n) is 5.26. The molecule has 3 amide bonds. The maximum Gasteiger partial charge on any atom is 0.257 e. The van der Waals surface area contributed by atoms with Crippen molar-refractivity contribution in [2.24, 2.45) is 11.3 Å². The maximum absolute atomic E-state index is 14.2. The summed E-state index contributed by atoms with van der Waals surface area (Å²) in [5.74, 6) is 1.55. The Balaban J connectivity index is 0.00000461. The Kier molecular flexibility index (Phi) is 12.0. The molecule has 3 aromatic rings. The first-order chi connectivity index (χ1) is 21.4. The first-order valence-corrected chi connectivity index (χ1v) is 14.9. The number of hydrogen-bond acceptors (Lipinski definition) is 10. The molecule has 14 nitrogen and oxygen atoms in total. The topological polar surface area (TPSA) is 185 Å². The van der Waals surface area contributed by atoms with Crippen LogP contribution in [0.4, 0.5) is 0 Å². The van der Waals surface area contributed by atoms with E-state index in [9.17, 15) is 14.4 Å². The monoisotopic (exact) mass is 641 g/mol. The molecular formula is C30H40ClN9O5. The average Bonchev–Trinajstić information content (AvgIpc) is 3.73. The summed E-state index contributed by atoms with van der Waals surface area (Å²) in [7, 11) is 1.53. The Hall–Kier alpha value is -4.30. The second kappa shape index (κ2) is 16.1. The number of carbonyl (C=O) groups excluding carboxylic acids is 3. The number of carbonyl (C=O) groups is 3. The van der Waals surface area contributed by atoms with Crippen LogP contribution < -0.4 is 30.7 Å². The van der Waals surface area contributed by atoms with Gasteiger partial charge in [0.05, 0.1) is 25.3 Å². The lowest BCUT2D eigenvalue weighted by atomic mass is 9.75. The van der Waals surface area contributed by atoms with Crippen LogP contribution in [0.2, 0.25) is 0 Å². The fraction of sp³-hybridized carbons (Fsp3) is 0.500. The van der Waals surface area contributed by atoms with Crippen LogP contribution in [0.25, 0.3) is 11.5 Å². The summed E-state index contributed by atoms with van der Waals surface area (Å²) < 4.78 is 11.3. The van der Waals surface area contributed by atoms with Gasteiger partial charge in [-0.3, -0.25) is 24.5 Å². The molecular weight excluding hydrogens is 602 g/mol. The number of methoxy groups -OCH3 is 1. The lowest BCUT2D eigenvalue weighted by Crippen LogP contribution is -2.50. The number of H-pyrrole nitrogens is 1. The lowest BCUT2D eigenvalue weighted by Gasteiger charge is -2.33. The van der Waals surface area contributed by atoms with Crippen LogP contribution >= 0.6 is 12.4 Å². The van der Waals surface area contributed by atoms with E-state index in [0.717, 1.165) is 18.4 Å². The van der Waals surface area contributed by atoms with E-state index in [1.165, 1.54) is 7.11 Å². The van der Waals surface area contributed by atoms with E-state index >= 15 is 0 Å². The van der Waals surface area contributed by atoms with Crippen molar-refractivity contribution >= 4 is 30.1 Å². The normalized spacial score (nSPS) is 19.8. The Morgan fingerprint density at radius 1 is 1.13 bits per heavy atom. The summed E-state index contributed by atoms with van der Waals surface area (Å²) in [6.45, 7) is 1.76. The van der Waals surface area contributed by atoms with Gasteiger partial charge in [0, 0.05) is 38.4 Å². The van der Waals surface area contributed by atoms with Crippen molar-refractivity contribution in [2.75, 3.05) is 39.9 Å². The Morgan fingerprint density at radius 3 is 2.78 bits per heavy atom. The molecule has 5 rings (SSSR count). The highest BCUT2D eigenvalue weighted by Crippen LogP contribution is 2.43. The molecule has 0 radical (unpaired) electrons. The molecule has 1 aromatic carbocycles. The van der Waals surface area contributed by atoms with Crippen LogP contribution in [0.1, 0.15) is 43.5 Å². The highest BCUT2D eigenvalue weighted by Gasteiger charge is 2.43. The summed E-state index contributed by atoms with van der Waals surface area (Å²) >= 11 is 0. The highest BCUT2D eigenvalue weighted by molar-refractivity contribution is 5.85. The van der Waals surface area contributed by atoms with Crippen molar-refractivity contribution in [2.45, 2.75) is 45.1 Å². The number of amides is 3. The molecule has 45 heavy (non-hydrogen) atoms. The lowest BCUT2D eigenvalue weighted by molar-refractivity contribution is -0.132. The number of aromatic nitrogens is 5. The molecule has 242 valence electrons. The van der Waals surface area contributed by atoms with Gasteiger partial charge in [0.25, 0.3) is 5.91 Å². The van der Waals surface area contributed by atoms with E-state index in [-0.39, 0.29) is 49.8 Å². The number of ether oxygens (including phenoxy) is 2.